The van der Waals surface area contributed by atoms with E-state index >= 15 is 0 Å². The molecule has 0 saturated carbocycles. The Morgan fingerprint density at radius 3 is 2.42 bits per heavy atom. The Morgan fingerprint density at radius 2 is 2.00 bits per heavy atom. The number of carboxylic acid groups (broad SMARTS) is 1. The van der Waals surface area contributed by atoms with E-state index in [9.17, 15) is 19.4 Å². The van der Waals surface area contributed by atoms with Gasteiger partial charge in [-0.3, -0.25) is 0 Å². The molecule has 7 heteroatoms. The minimum atomic E-state index is -1.37. The van der Waals surface area contributed by atoms with Gasteiger partial charge >= 0.3 is 5.97 Å². The first-order chi connectivity index (χ1) is 8.22. The molecule has 0 unspecified atom stereocenters. The van der Waals surface area contributed by atoms with Crippen LogP contribution in [0.2, 0.25) is 0 Å². The number of aromatic carboxylic acids is 1. The lowest BCUT2D eigenvalue weighted by atomic mass is 9.81. The van der Waals surface area contributed by atoms with Crippen LogP contribution >= 0.6 is 12.4 Å². The molecule has 0 amide bonds. The standard InChI is InChI=1S/C12H16FNO4.ClH/c1-12(2,5-15)10(14)8-7(13)4-3-6(9(8)16)11(17)18;/h3-4,10,15-16H,5,14H2,1-2H3,(H,17,18);1H/t10-;/m0./s1. The van der Waals surface area contributed by atoms with Gasteiger partial charge in [0.15, 0.2) is 0 Å². The number of rotatable bonds is 4. The van der Waals surface area contributed by atoms with Crippen molar-refractivity contribution in [2.24, 2.45) is 11.1 Å². The van der Waals surface area contributed by atoms with E-state index in [-0.39, 0.29) is 24.6 Å². The summed E-state index contributed by atoms with van der Waals surface area (Å²) in [5.41, 5.74) is 4.19. The zero-order valence-corrected chi connectivity index (χ0v) is 11.4. The molecule has 1 rings (SSSR count). The van der Waals surface area contributed by atoms with Crippen LogP contribution in [-0.2, 0) is 0 Å². The summed E-state index contributed by atoms with van der Waals surface area (Å²) in [4.78, 5) is 10.9. The van der Waals surface area contributed by atoms with Gasteiger partial charge in [-0.25, -0.2) is 9.18 Å². The van der Waals surface area contributed by atoms with Crippen molar-refractivity contribution in [3.63, 3.8) is 0 Å². The first-order valence-electron chi connectivity index (χ1n) is 5.33. The molecule has 5 N–H and O–H groups in total. The van der Waals surface area contributed by atoms with Gasteiger partial charge in [-0.1, -0.05) is 13.8 Å². The van der Waals surface area contributed by atoms with E-state index in [1.807, 2.05) is 0 Å². The third kappa shape index (κ3) is 3.34. The molecule has 0 aromatic heterocycles. The number of carboxylic acids is 1. The Bertz CT molecular complexity index is 479. The second-order valence-corrected chi connectivity index (χ2v) is 4.79. The van der Waals surface area contributed by atoms with Crippen LogP contribution in [0.25, 0.3) is 0 Å². The molecule has 1 atom stereocenters. The number of aliphatic hydroxyl groups excluding tert-OH is 1. The average molecular weight is 294 g/mol. The van der Waals surface area contributed by atoms with E-state index in [1.54, 1.807) is 13.8 Å². The van der Waals surface area contributed by atoms with E-state index < -0.39 is 34.6 Å². The predicted molar refractivity (Wildman–Crippen MR) is 70.1 cm³/mol. The number of halogens is 2. The lowest BCUT2D eigenvalue weighted by Crippen LogP contribution is -2.33. The molecule has 0 heterocycles. The summed E-state index contributed by atoms with van der Waals surface area (Å²) >= 11 is 0. The average Bonchev–Trinajstić information content (AvgIpc) is 2.28. The normalized spacial score (nSPS) is 12.7. The molecule has 1 aromatic rings. The Balaban J connectivity index is 0.00000324. The van der Waals surface area contributed by atoms with Gasteiger partial charge in [0.1, 0.15) is 17.1 Å². The van der Waals surface area contributed by atoms with Crippen LogP contribution in [0, 0.1) is 11.2 Å². The van der Waals surface area contributed by atoms with Gasteiger partial charge in [-0.2, -0.15) is 0 Å². The number of aromatic hydroxyl groups is 1. The Hall–Kier alpha value is -1.37. The van der Waals surface area contributed by atoms with E-state index in [1.165, 1.54) is 0 Å². The van der Waals surface area contributed by atoms with E-state index in [2.05, 4.69) is 0 Å². The fourth-order valence-electron chi connectivity index (χ4n) is 1.54. The second-order valence-electron chi connectivity index (χ2n) is 4.79. The van der Waals surface area contributed by atoms with Crippen LogP contribution in [0.15, 0.2) is 12.1 Å². The Morgan fingerprint density at radius 1 is 1.47 bits per heavy atom. The summed E-state index contributed by atoms with van der Waals surface area (Å²) in [6, 6.07) is 0.878. The van der Waals surface area contributed by atoms with Crippen LogP contribution in [0.5, 0.6) is 5.75 Å². The van der Waals surface area contributed by atoms with Crippen molar-refractivity contribution >= 4 is 18.4 Å². The van der Waals surface area contributed by atoms with E-state index in [4.69, 9.17) is 10.8 Å². The van der Waals surface area contributed by atoms with Crippen molar-refractivity contribution in [1.82, 2.24) is 0 Å². The lowest BCUT2D eigenvalue weighted by molar-refractivity contribution is 0.0693. The number of phenols is 1. The number of hydrogen-bond acceptors (Lipinski definition) is 4. The minimum absolute atomic E-state index is 0. The largest absolute Gasteiger partial charge is 0.507 e. The fraction of sp³-hybridized carbons (Fsp3) is 0.417. The van der Waals surface area contributed by atoms with Crippen molar-refractivity contribution in [2.45, 2.75) is 19.9 Å². The molecular weight excluding hydrogens is 277 g/mol. The van der Waals surface area contributed by atoms with Crippen LogP contribution in [0.4, 0.5) is 4.39 Å². The summed E-state index contributed by atoms with van der Waals surface area (Å²) in [6.07, 6.45) is 0. The molecule has 108 valence electrons. The summed E-state index contributed by atoms with van der Waals surface area (Å²) in [5, 5.41) is 27.8. The maximum Gasteiger partial charge on any atom is 0.339 e. The molecule has 0 fully saturated rings. The Kier molecular flexibility index (Phi) is 5.74. The highest BCUT2D eigenvalue weighted by Crippen LogP contribution is 2.38. The van der Waals surface area contributed by atoms with Crippen LogP contribution < -0.4 is 5.73 Å². The zero-order valence-electron chi connectivity index (χ0n) is 10.6. The number of benzene rings is 1. The molecule has 0 bridgehead atoms. The van der Waals surface area contributed by atoms with Gasteiger partial charge in [-0.05, 0) is 12.1 Å². The predicted octanol–water partition coefficient (Wildman–Crippen LogP) is 1.67. The summed E-state index contributed by atoms with van der Waals surface area (Å²) in [5.74, 6) is -2.87. The zero-order chi connectivity index (χ0) is 14.1. The van der Waals surface area contributed by atoms with Crippen molar-refractivity contribution < 1.29 is 24.5 Å². The molecule has 0 saturated heterocycles. The maximum atomic E-state index is 13.7. The van der Waals surface area contributed by atoms with E-state index in [0.29, 0.717) is 0 Å². The SMILES string of the molecule is CC(C)(CO)[C@@H](N)c1c(F)ccc(C(=O)O)c1O.Cl. The molecule has 19 heavy (non-hydrogen) atoms. The second kappa shape index (κ2) is 6.18. The van der Waals surface area contributed by atoms with Gasteiger partial charge in [0.2, 0.25) is 0 Å². The first-order valence-corrected chi connectivity index (χ1v) is 5.33. The number of carbonyl (C=O) groups is 1. The highest BCUT2D eigenvalue weighted by atomic mass is 35.5. The monoisotopic (exact) mass is 293 g/mol. The third-order valence-corrected chi connectivity index (χ3v) is 2.95. The third-order valence-electron chi connectivity index (χ3n) is 2.95. The quantitative estimate of drug-likeness (QED) is 0.676. The molecule has 0 aliphatic carbocycles. The highest BCUT2D eigenvalue weighted by Gasteiger charge is 2.32. The van der Waals surface area contributed by atoms with Crippen LogP contribution in [0.3, 0.4) is 0 Å². The smallest absolute Gasteiger partial charge is 0.339 e. The summed E-state index contributed by atoms with van der Waals surface area (Å²) < 4.78 is 13.7. The summed E-state index contributed by atoms with van der Waals surface area (Å²) in [7, 11) is 0. The lowest BCUT2D eigenvalue weighted by Gasteiger charge is -2.30. The molecule has 5 nitrogen and oxygen atoms in total. The fourth-order valence-corrected chi connectivity index (χ4v) is 1.54. The van der Waals surface area contributed by atoms with Gasteiger partial charge in [0, 0.05) is 23.6 Å². The summed E-state index contributed by atoms with van der Waals surface area (Å²) in [6.45, 7) is 2.85. The molecule has 0 radical (unpaired) electrons. The number of aliphatic hydroxyl groups is 1. The Labute approximate surface area is 116 Å². The minimum Gasteiger partial charge on any atom is -0.507 e. The van der Waals surface area contributed by atoms with Crippen LogP contribution in [-0.4, -0.2) is 27.9 Å². The number of hydrogen-bond donors (Lipinski definition) is 4. The van der Waals surface area contributed by atoms with Crippen molar-refractivity contribution in [3.8, 4) is 5.75 Å². The van der Waals surface area contributed by atoms with Crippen molar-refractivity contribution in [3.05, 3.63) is 29.1 Å². The van der Waals surface area contributed by atoms with Gasteiger partial charge in [0.05, 0.1) is 0 Å². The highest BCUT2D eigenvalue weighted by molar-refractivity contribution is 5.91. The van der Waals surface area contributed by atoms with Crippen LogP contribution in [0.1, 0.15) is 35.8 Å². The van der Waals surface area contributed by atoms with E-state index in [0.717, 1.165) is 12.1 Å². The van der Waals surface area contributed by atoms with Crippen molar-refractivity contribution in [1.29, 1.82) is 0 Å². The number of nitrogens with two attached hydrogens (primary N) is 1. The molecule has 0 aliphatic heterocycles. The topological polar surface area (TPSA) is 104 Å². The molecule has 1 aromatic carbocycles. The maximum absolute atomic E-state index is 13.7. The van der Waals surface area contributed by atoms with Gasteiger partial charge in [0.25, 0.3) is 0 Å². The molecule has 0 spiro atoms. The first kappa shape index (κ1) is 17.6. The van der Waals surface area contributed by atoms with Gasteiger partial charge in [-0.15, -0.1) is 12.4 Å². The molecule has 0 aliphatic rings. The van der Waals surface area contributed by atoms with Gasteiger partial charge < -0.3 is 21.1 Å². The van der Waals surface area contributed by atoms with Crippen molar-refractivity contribution in [2.75, 3.05) is 6.61 Å². The molecular formula is C12H17ClFNO4.